The zero-order valence-electron chi connectivity index (χ0n) is 17.7. The van der Waals surface area contributed by atoms with Gasteiger partial charge in [-0.25, -0.2) is 9.97 Å². The Balaban J connectivity index is 1.18. The number of carbonyl (C=O) groups is 1. The molecule has 0 aromatic carbocycles. The Kier molecular flexibility index (Phi) is 5.33. The summed E-state index contributed by atoms with van der Waals surface area (Å²) in [6.07, 6.45) is 8.03. The third kappa shape index (κ3) is 3.76. The number of furan rings is 1. The summed E-state index contributed by atoms with van der Waals surface area (Å²) in [6.45, 7) is 6.85. The summed E-state index contributed by atoms with van der Waals surface area (Å²) >= 11 is 0. The second-order valence-electron chi connectivity index (χ2n) is 8.84. The van der Waals surface area contributed by atoms with Crippen molar-refractivity contribution in [1.29, 1.82) is 0 Å². The molecule has 3 aliphatic heterocycles. The number of hydrogen-bond donors (Lipinski definition) is 0. The number of aromatic nitrogens is 2. The van der Waals surface area contributed by atoms with Gasteiger partial charge >= 0.3 is 0 Å². The van der Waals surface area contributed by atoms with Gasteiger partial charge < -0.3 is 14.1 Å². The molecule has 2 fully saturated rings. The van der Waals surface area contributed by atoms with E-state index in [0.717, 1.165) is 82.1 Å². The van der Waals surface area contributed by atoms with Crippen molar-refractivity contribution in [3.05, 3.63) is 47.4 Å². The third-order valence-corrected chi connectivity index (χ3v) is 6.95. The van der Waals surface area contributed by atoms with Crippen molar-refractivity contribution >= 4 is 5.91 Å². The lowest BCUT2D eigenvalue weighted by Crippen LogP contribution is -2.51. The number of fused-ring (bicyclic) bond motifs is 2. The molecule has 0 unspecified atom stereocenters. The quantitative estimate of drug-likeness (QED) is 0.775. The first-order chi connectivity index (χ1) is 14.6. The second kappa shape index (κ2) is 8.12. The van der Waals surface area contributed by atoms with Crippen LogP contribution in [0.3, 0.4) is 0 Å². The van der Waals surface area contributed by atoms with Gasteiger partial charge in [0.25, 0.3) is 0 Å². The van der Waals surface area contributed by atoms with Crippen molar-refractivity contribution in [3.63, 3.8) is 0 Å². The van der Waals surface area contributed by atoms with E-state index in [4.69, 9.17) is 14.1 Å². The molecule has 5 rings (SSSR count). The maximum Gasteiger partial charge on any atom is 0.225 e. The summed E-state index contributed by atoms with van der Waals surface area (Å²) in [5.41, 5.74) is 1.92. The maximum absolute atomic E-state index is 13.2. The predicted molar refractivity (Wildman–Crippen MR) is 111 cm³/mol. The van der Waals surface area contributed by atoms with E-state index in [1.165, 1.54) is 5.56 Å². The Morgan fingerprint density at radius 1 is 1.23 bits per heavy atom. The van der Waals surface area contributed by atoms with Crippen LogP contribution in [0.25, 0.3) is 0 Å². The fourth-order valence-electron chi connectivity index (χ4n) is 5.19. The first kappa shape index (κ1) is 19.7. The topological polar surface area (TPSA) is 71.7 Å². The summed E-state index contributed by atoms with van der Waals surface area (Å²) in [6, 6.07) is 3.94. The zero-order valence-corrected chi connectivity index (χ0v) is 17.7. The number of ether oxygens (including phenoxy) is 1. The molecule has 7 nitrogen and oxygen atoms in total. The highest BCUT2D eigenvalue weighted by Gasteiger charge is 2.44. The normalized spacial score (nSPS) is 22.2. The molecule has 2 aromatic heterocycles. The molecule has 1 spiro atoms. The Hall–Kier alpha value is -2.25. The number of nitrogens with zero attached hydrogens (tertiary/aromatic N) is 4. The van der Waals surface area contributed by atoms with Gasteiger partial charge in [-0.3, -0.25) is 9.69 Å². The first-order valence-corrected chi connectivity index (χ1v) is 11.1. The molecule has 0 saturated carbocycles. The molecule has 1 amide bonds. The smallest absolute Gasteiger partial charge is 0.225 e. The highest BCUT2D eigenvalue weighted by Crippen LogP contribution is 2.40. The van der Waals surface area contributed by atoms with Gasteiger partial charge in [-0.2, -0.15) is 0 Å². The highest BCUT2D eigenvalue weighted by molar-refractivity contribution is 5.79. The van der Waals surface area contributed by atoms with Crippen molar-refractivity contribution in [2.75, 3.05) is 32.8 Å². The van der Waals surface area contributed by atoms with Crippen LogP contribution in [-0.2, 0) is 28.1 Å². The van der Waals surface area contributed by atoms with Gasteiger partial charge in [-0.1, -0.05) is 0 Å². The van der Waals surface area contributed by atoms with E-state index in [9.17, 15) is 4.79 Å². The average Bonchev–Trinajstić information content (AvgIpc) is 3.28. The maximum atomic E-state index is 13.2. The van der Waals surface area contributed by atoms with Gasteiger partial charge in [0.2, 0.25) is 5.91 Å². The Morgan fingerprint density at radius 2 is 2.03 bits per heavy atom. The van der Waals surface area contributed by atoms with Crippen LogP contribution in [0.1, 0.15) is 48.5 Å². The first-order valence-electron chi connectivity index (χ1n) is 11.1. The van der Waals surface area contributed by atoms with Crippen LogP contribution in [0.5, 0.6) is 0 Å². The number of rotatable bonds is 3. The Labute approximate surface area is 177 Å². The molecule has 2 aromatic rings. The van der Waals surface area contributed by atoms with Crippen LogP contribution in [0.15, 0.2) is 29.0 Å². The molecule has 0 bridgehead atoms. The van der Waals surface area contributed by atoms with Crippen molar-refractivity contribution in [2.24, 2.45) is 5.92 Å². The molecule has 3 aliphatic rings. The molecule has 160 valence electrons. The van der Waals surface area contributed by atoms with E-state index in [1.54, 1.807) is 6.26 Å². The van der Waals surface area contributed by atoms with Crippen molar-refractivity contribution in [2.45, 2.75) is 51.2 Å². The van der Waals surface area contributed by atoms with Crippen molar-refractivity contribution in [1.82, 2.24) is 19.8 Å². The third-order valence-electron chi connectivity index (χ3n) is 6.95. The minimum absolute atomic E-state index is 0.135. The number of carbonyl (C=O) groups excluding carboxylic acids is 1. The van der Waals surface area contributed by atoms with Crippen LogP contribution < -0.4 is 0 Å². The number of hydrogen-bond acceptors (Lipinski definition) is 6. The van der Waals surface area contributed by atoms with Crippen LogP contribution in [0.2, 0.25) is 0 Å². The molecule has 30 heavy (non-hydrogen) atoms. The van der Waals surface area contributed by atoms with Crippen LogP contribution in [0, 0.1) is 12.8 Å². The second-order valence-corrected chi connectivity index (χ2v) is 8.84. The monoisotopic (exact) mass is 410 g/mol. The van der Waals surface area contributed by atoms with Gasteiger partial charge in [-0.15, -0.1) is 0 Å². The lowest BCUT2D eigenvalue weighted by Gasteiger charge is -2.45. The molecule has 7 heteroatoms. The lowest BCUT2D eigenvalue weighted by molar-refractivity contribution is -0.146. The summed E-state index contributed by atoms with van der Waals surface area (Å²) in [4.78, 5) is 26.7. The molecule has 2 saturated heterocycles. The van der Waals surface area contributed by atoms with E-state index < -0.39 is 0 Å². The van der Waals surface area contributed by atoms with Gasteiger partial charge in [0.05, 0.1) is 25.1 Å². The number of likely N-dealkylation sites (tertiary alicyclic amines) is 2. The molecule has 0 N–H and O–H groups in total. The van der Waals surface area contributed by atoms with E-state index in [2.05, 4.69) is 14.8 Å². The van der Waals surface area contributed by atoms with E-state index in [1.807, 2.05) is 25.3 Å². The largest absolute Gasteiger partial charge is 0.468 e. The van der Waals surface area contributed by atoms with Crippen LogP contribution >= 0.6 is 0 Å². The van der Waals surface area contributed by atoms with E-state index in [-0.39, 0.29) is 11.5 Å². The minimum atomic E-state index is -0.343. The summed E-state index contributed by atoms with van der Waals surface area (Å²) in [7, 11) is 0. The lowest BCUT2D eigenvalue weighted by atomic mass is 9.82. The van der Waals surface area contributed by atoms with E-state index in [0.29, 0.717) is 12.5 Å². The minimum Gasteiger partial charge on any atom is -0.468 e. The van der Waals surface area contributed by atoms with Gasteiger partial charge in [0.1, 0.15) is 17.2 Å². The van der Waals surface area contributed by atoms with Crippen molar-refractivity contribution < 1.29 is 13.9 Å². The average molecular weight is 411 g/mol. The van der Waals surface area contributed by atoms with Gasteiger partial charge in [-0.05, 0) is 69.8 Å². The predicted octanol–water partition coefficient (Wildman–Crippen LogP) is 2.68. The van der Waals surface area contributed by atoms with Crippen molar-refractivity contribution in [3.8, 4) is 0 Å². The molecular formula is C23H30N4O3. The molecule has 0 aliphatic carbocycles. The standard InChI is InChI=1S/C23H30N4O3/c1-17-24-15-19-6-14-30-23(21(19)25-17)7-11-27(12-8-23)22(28)18-4-9-26(10-5-18)16-20-3-2-13-29-20/h2-3,13,15,18H,4-12,14,16H2,1H3. The summed E-state index contributed by atoms with van der Waals surface area (Å²) in [5.74, 6) is 2.24. The molecular weight excluding hydrogens is 380 g/mol. The fourth-order valence-corrected chi connectivity index (χ4v) is 5.19. The fraction of sp³-hybridized carbons (Fsp3) is 0.609. The number of amides is 1. The van der Waals surface area contributed by atoms with Gasteiger partial charge in [0, 0.05) is 25.2 Å². The number of piperidine rings is 2. The van der Waals surface area contributed by atoms with Crippen LogP contribution in [0.4, 0.5) is 0 Å². The zero-order chi connectivity index (χ0) is 20.6. The molecule has 5 heterocycles. The number of aryl methyl sites for hydroxylation is 1. The Bertz CT molecular complexity index is 882. The SMILES string of the molecule is Cc1ncc2c(n1)C1(CCN(C(=O)C3CCN(Cc4ccco4)CC3)CC1)OCC2. The van der Waals surface area contributed by atoms with Gasteiger partial charge in [0.15, 0.2) is 0 Å². The Morgan fingerprint density at radius 3 is 2.77 bits per heavy atom. The highest BCUT2D eigenvalue weighted by atomic mass is 16.5. The summed E-state index contributed by atoms with van der Waals surface area (Å²) < 4.78 is 11.7. The van der Waals surface area contributed by atoms with E-state index >= 15 is 0 Å². The van der Waals surface area contributed by atoms with Crippen LogP contribution in [-0.4, -0.2) is 58.5 Å². The molecule has 0 radical (unpaired) electrons. The summed E-state index contributed by atoms with van der Waals surface area (Å²) in [5, 5.41) is 0. The molecule has 0 atom stereocenters.